The average Bonchev–Trinajstić information content (AvgIpc) is 3.03. The number of nitrogen functional groups attached to an aromatic ring is 1. The molecule has 1 fully saturated rings. The molecule has 0 unspecified atom stereocenters. The van der Waals surface area contributed by atoms with Gasteiger partial charge in [0.05, 0.1) is 5.56 Å². The lowest BCUT2D eigenvalue weighted by atomic mass is 9.91. The first-order valence-electron chi connectivity index (χ1n) is 9.95. The zero-order valence-electron chi connectivity index (χ0n) is 17.0. The number of hydrogen-bond acceptors (Lipinski definition) is 7. The smallest absolute Gasteiger partial charge is 0.242 e. The Labute approximate surface area is 178 Å². The molecule has 0 amide bonds. The number of ether oxygens (including phenoxy) is 3. The molecule has 0 spiro atoms. The van der Waals surface area contributed by atoms with E-state index in [4.69, 9.17) is 19.9 Å². The maximum Gasteiger partial charge on any atom is 0.242 e. The third-order valence-electron chi connectivity index (χ3n) is 5.63. The standard InChI is InChI=1S/C22H20FN5O3/c1-11-16-6-13(23)3-4-18(16)30-14-7-15(8-14)31-22-20(17(9-24)28(2)27-22)12-5-19(29-11)21(25)26-10-12/h3-6,10-11,14-15H,7-8H2,1-2H3,(H2,25,26)/t11-,14?,15?/m1/s1. The highest BCUT2D eigenvalue weighted by Crippen LogP contribution is 2.41. The summed E-state index contributed by atoms with van der Waals surface area (Å²) in [5, 5.41) is 14.1. The van der Waals surface area contributed by atoms with Crippen LogP contribution in [0.5, 0.6) is 17.4 Å². The summed E-state index contributed by atoms with van der Waals surface area (Å²) in [5.41, 5.74) is 8.09. The van der Waals surface area contributed by atoms with Gasteiger partial charge in [-0.05, 0) is 31.2 Å². The van der Waals surface area contributed by atoms with E-state index in [2.05, 4.69) is 16.2 Å². The van der Waals surface area contributed by atoms with Gasteiger partial charge in [-0.3, -0.25) is 4.68 Å². The largest absolute Gasteiger partial charge is 0.490 e. The molecule has 1 atom stereocenters. The van der Waals surface area contributed by atoms with Gasteiger partial charge in [0.2, 0.25) is 5.88 Å². The lowest BCUT2D eigenvalue weighted by molar-refractivity contribution is 0.000926. The molecular weight excluding hydrogens is 401 g/mol. The fourth-order valence-corrected chi connectivity index (χ4v) is 3.90. The third-order valence-corrected chi connectivity index (χ3v) is 5.63. The van der Waals surface area contributed by atoms with Crippen molar-refractivity contribution in [2.45, 2.75) is 38.1 Å². The molecule has 2 aliphatic heterocycles. The van der Waals surface area contributed by atoms with Crippen LogP contribution in [0.4, 0.5) is 10.2 Å². The first-order chi connectivity index (χ1) is 14.9. The number of nitriles is 1. The average molecular weight is 421 g/mol. The minimum atomic E-state index is -0.552. The first kappa shape index (κ1) is 19.2. The molecule has 4 bridgehead atoms. The van der Waals surface area contributed by atoms with Crippen LogP contribution >= 0.6 is 0 Å². The molecule has 1 aliphatic carbocycles. The van der Waals surface area contributed by atoms with Crippen molar-refractivity contribution in [3.05, 3.63) is 47.5 Å². The predicted molar refractivity (Wildman–Crippen MR) is 109 cm³/mol. The van der Waals surface area contributed by atoms with Crippen LogP contribution in [-0.2, 0) is 7.05 Å². The van der Waals surface area contributed by atoms with E-state index in [-0.39, 0.29) is 23.8 Å². The van der Waals surface area contributed by atoms with Crippen molar-refractivity contribution in [2.75, 3.05) is 5.73 Å². The fraction of sp³-hybridized carbons (Fsp3) is 0.318. The van der Waals surface area contributed by atoms with Crippen molar-refractivity contribution in [1.29, 1.82) is 5.26 Å². The number of rotatable bonds is 0. The monoisotopic (exact) mass is 421 g/mol. The van der Waals surface area contributed by atoms with Crippen LogP contribution in [0.25, 0.3) is 11.1 Å². The summed E-state index contributed by atoms with van der Waals surface area (Å²) >= 11 is 0. The Morgan fingerprint density at radius 3 is 2.71 bits per heavy atom. The van der Waals surface area contributed by atoms with Crippen LogP contribution in [0.2, 0.25) is 0 Å². The molecule has 1 aromatic carbocycles. The van der Waals surface area contributed by atoms with Gasteiger partial charge in [-0.15, -0.1) is 5.10 Å². The van der Waals surface area contributed by atoms with E-state index in [0.29, 0.717) is 52.6 Å². The van der Waals surface area contributed by atoms with Crippen LogP contribution in [-0.4, -0.2) is 27.0 Å². The number of anilines is 1. The van der Waals surface area contributed by atoms with Crippen LogP contribution in [0.3, 0.4) is 0 Å². The summed E-state index contributed by atoms with van der Waals surface area (Å²) in [6.45, 7) is 1.79. The molecule has 0 saturated heterocycles. The van der Waals surface area contributed by atoms with Crippen molar-refractivity contribution in [2.24, 2.45) is 7.05 Å². The van der Waals surface area contributed by atoms with E-state index in [1.54, 1.807) is 32.3 Å². The van der Waals surface area contributed by atoms with E-state index in [1.807, 2.05) is 0 Å². The molecular formula is C22H20FN5O3. The van der Waals surface area contributed by atoms with Gasteiger partial charge in [0.1, 0.15) is 41.6 Å². The van der Waals surface area contributed by atoms with Gasteiger partial charge < -0.3 is 19.9 Å². The van der Waals surface area contributed by atoms with Crippen molar-refractivity contribution in [3.8, 4) is 34.6 Å². The summed E-state index contributed by atoms with van der Waals surface area (Å²) in [4.78, 5) is 4.24. The molecule has 3 aliphatic rings. The Hall–Kier alpha value is -3.80. The quantitative estimate of drug-likeness (QED) is 0.592. The minimum Gasteiger partial charge on any atom is -0.490 e. The number of halogens is 1. The Balaban J connectivity index is 1.65. The molecule has 9 heteroatoms. The number of benzene rings is 1. The lowest BCUT2D eigenvalue weighted by Gasteiger charge is -2.36. The molecule has 2 N–H and O–H groups in total. The van der Waals surface area contributed by atoms with Crippen molar-refractivity contribution >= 4 is 5.82 Å². The van der Waals surface area contributed by atoms with Crippen LogP contribution in [0, 0.1) is 17.1 Å². The number of nitrogens with two attached hydrogens (primary N) is 1. The molecule has 158 valence electrons. The molecule has 8 nitrogen and oxygen atoms in total. The Bertz CT molecular complexity index is 1210. The van der Waals surface area contributed by atoms with Gasteiger partial charge >= 0.3 is 0 Å². The predicted octanol–water partition coefficient (Wildman–Crippen LogP) is 3.52. The Kier molecular flexibility index (Phi) is 4.43. The summed E-state index contributed by atoms with van der Waals surface area (Å²) in [6.07, 6.45) is 2.13. The van der Waals surface area contributed by atoms with Crippen molar-refractivity contribution in [3.63, 3.8) is 0 Å². The van der Waals surface area contributed by atoms with Crippen molar-refractivity contribution in [1.82, 2.24) is 14.8 Å². The molecule has 0 radical (unpaired) electrons. The maximum absolute atomic E-state index is 14.0. The molecule has 3 aromatic rings. The van der Waals surface area contributed by atoms with E-state index >= 15 is 0 Å². The molecule has 31 heavy (non-hydrogen) atoms. The number of fused-ring (bicyclic) bond motifs is 1. The summed E-state index contributed by atoms with van der Waals surface area (Å²) < 4.78 is 33.7. The second-order valence-electron chi connectivity index (χ2n) is 7.76. The van der Waals surface area contributed by atoms with E-state index < -0.39 is 6.10 Å². The fourth-order valence-electron chi connectivity index (χ4n) is 3.90. The second-order valence-corrected chi connectivity index (χ2v) is 7.76. The summed E-state index contributed by atoms with van der Waals surface area (Å²) in [6, 6.07) is 8.24. The Morgan fingerprint density at radius 1 is 1.16 bits per heavy atom. The number of pyridine rings is 1. The highest BCUT2D eigenvalue weighted by molar-refractivity contribution is 5.76. The minimum absolute atomic E-state index is 0.0727. The van der Waals surface area contributed by atoms with Crippen LogP contribution < -0.4 is 19.9 Å². The van der Waals surface area contributed by atoms with Gasteiger partial charge in [-0.2, -0.15) is 5.26 Å². The topological polar surface area (TPSA) is 108 Å². The number of aromatic nitrogens is 3. The van der Waals surface area contributed by atoms with Gasteiger partial charge in [0.25, 0.3) is 0 Å². The third kappa shape index (κ3) is 3.30. The molecule has 2 aromatic heterocycles. The van der Waals surface area contributed by atoms with Gasteiger partial charge in [0, 0.05) is 37.2 Å². The van der Waals surface area contributed by atoms with Crippen molar-refractivity contribution < 1.29 is 18.6 Å². The number of hydrogen-bond donors (Lipinski definition) is 1. The van der Waals surface area contributed by atoms with Gasteiger partial charge in [-0.1, -0.05) is 0 Å². The normalized spacial score (nSPS) is 21.7. The van der Waals surface area contributed by atoms with Crippen LogP contribution in [0.1, 0.15) is 37.1 Å². The number of aryl methyl sites for hydroxylation is 1. The van der Waals surface area contributed by atoms with Crippen LogP contribution in [0.15, 0.2) is 30.5 Å². The second kappa shape index (κ2) is 7.16. The molecule has 6 rings (SSSR count). The summed E-state index contributed by atoms with van der Waals surface area (Å²) in [7, 11) is 1.69. The maximum atomic E-state index is 14.0. The molecule has 1 saturated carbocycles. The van der Waals surface area contributed by atoms with E-state index in [0.717, 1.165) is 0 Å². The SMILES string of the molecule is C[C@H]1Oc2cc(cnc2N)-c2c(nn(C)c2C#N)OC2CC(C2)Oc2ccc(F)cc21. The van der Waals surface area contributed by atoms with E-state index in [9.17, 15) is 9.65 Å². The highest BCUT2D eigenvalue weighted by Gasteiger charge is 2.36. The molecule has 4 heterocycles. The Morgan fingerprint density at radius 2 is 1.94 bits per heavy atom. The van der Waals surface area contributed by atoms with E-state index in [1.165, 1.54) is 16.8 Å². The first-order valence-corrected chi connectivity index (χ1v) is 9.95. The summed E-state index contributed by atoms with van der Waals surface area (Å²) in [5.74, 6) is 1.01. The zero-order valence-corrected chi connectivity index (χ0v) is 17.0. The van der Waals surface area contributed by atoms with Gasteiger partial charge in [0.15, 0.2) is 11.6 Å². The lowest BCUT2D eigenvalue weighted by Crippen LogP contribution is -2.41. The van der Waals surface area contributed by atoms with Gasteiger partial charge in [-0.25, -0.2) is 9.37 Å². The number of nitrogens with zero attached hydrogens (tertiary/aromatic N) is 4. The highest BCUT2D eigenvalue weighted by atomic mass is 19.1. The zero-order chi connectivity index (χ0) is 21.7.